The van der Waals surface area contributed by atoms with Crippen molar-refractivity contribution in [3.05, 3.63) is 21.1 Å². The molecule has 0 amide bonds. The highest BCUT2D eigenvalue weighted by Crippen LogP contribution is 2.31. The molecule has 0 radical (unpaired) electrons. The summed E-state index contributed by atoms with van der Waals surface area (Å²) >= 11 is 6.13. The van der Waals surface area contributed by atoms with Crippen molar-refractivity contribution in [1.82, 2.24) is 0 Å². The standard InChI is InChI=1S/C6H6Br2N2O2S/c7-4-1-3(9)2-5(8)6(4)13(10,11)12/h1-2H,9H2,(H2,10,11,12). The van der Waals surface area contributed by atoms with Crippen molar-refractivity contribution in [2.75, 3.05) is 5.73 Å². The molecular weight excluding hydrogens is 324 g/mol. The van der Waals surface area contributed by atoms with E-state index in [1.54, 1.807) is 0 Å². The third-order valence-corrected chi connectivity index (χ3v) is 4.09. The first-order valence-electron chi connectivity index (χ1n) is 3.09. The SMILES string of the molecule is Nc1cc(Br)c(S(N)(=O)=O)c(Br)c1. The third kappa shape index (κ3) is 2.43. The molecule has 0 aromatic heterocycles. The topological polar surface area (TPSA) is 86.2 Å². The molecule has 0 heterocycles. The van der Waals surface area contributed by atoms with Gasteiger partial charge in [-0.05, 0) is 44.0 Å². The number of anilines is 1. The number of hydrogen-bond acceptors (Lipinski definition) is 3. The van der Waals surface area contributed by atoms with E-state index in [9.17, 15) is 8.42 Å². The number of hydrogen-bond donors (Lipinski definition) is 2. The lowest BCUT2D eigenvalue weighted by molar-refractivity contribution is 0.597. The first kappa shape index (κ1) is 11.0. The van der Waals surface area contributed by atoms with E-state index in [1.165, 1.54) is 12.1 Å². The lowest BCUT2D eigenvalue weighted by atomic mass is 10.3. The summed E-state index contributed by atoms with van der Waals surface area (Å²) in [5.74, 6) is 0. The smallest absolute Gasteiger partial charge is 0.240 e. The van der Waals surface area contributed by atoms with Crippen LogP contribution >= 0.6 is 31.9 Å². The van der Waals surface area contributed by atoms with Crippen molar-refractivity contribution >= 4 is 47.6 Å². The molecule has 72 valence electrons. The van der Waals surface area contributed by atoms with Gasteiger partial charge in [0.1, 0.15) is 4.90 Å². The van der Waals surface area contributed by atoms with Crippen molar-refractivity contribution in [3.63, 3.8) is 0 Å². The summed E-state index contributed by atoms with van der Waals surface area (Å²) in [4.78, 5) is 0.00157. The van der Waals surface area contributed by atoms with E-state index >= 15 is 0 Å². The molecule has 1 aromatic rings. The Morgan fingerprint density at radius 1 is 1.15 bits per heavy atom. The van der Waals surface area contributed by atoms with Gasteiger partial charge in [0.2, 0.25) is 10.0 Å². The second-order valence-electron chi connectivity index (χ2n) is 2.36. The predicted molar refractivity (Wildman–Crippen MR) is 57.6 cm³/mol. The number of sulfonamides is 1. The highest BCUT2D eigenvalue weighted by molar-refractivity contribution is 9.11. The van der Waals surface area contributed by atoms with E-state index in [-0.39, 0.29) is 4.90 Å². The predicted octanol–water partition coefficient (Wildman–Crippen LogP) is 1.44. The van der Waals surface area contributed by atoms with Gasteiger partial charge in [-0.15, -0.1) is 0 Å². The number of benzene rings is 1. The largest absolute Gasteiger partial charge is 0.399 e. The molecule has 0 bridgehead atoms. The summed E-state index contributed by atoms with van der Waals surface area (Å²) < 4.78 is 22.8. The van der Waals surface area contributed by atoms with Gasteiger partial charge in [-0.25, -0.2) is 13.6 Å². The first-order chi connectivity index (χ1) is 5.82. The van der Waals surface area contributed by atoms with Crippen molar-refractivity contribution in [3.8, 4) is 0 Å². The Hall–Kier alpha value is -0.110. The first-order valence-corrected chi connectivity index (χ1v) is 6.23. The number of nitrogens with two attached hydrogens (primary N) is 2. The van der Waals surface area contributed by atoms with E-state index in [0.717, 1.165) is 0 Å². The van der Waals surface area contributed by atoms with E-state index in [4.69, 9.17) is 10.9 Å². The zero-order valence-corrected chi connectivity index (χ0v) is 10.3. The van der Waals surface area contributed by atoms with Crippen LogP contribution in [0.25, 0.3) is 0 Å². The number of primary sulfonamides is 1. The van der Waals surface area contributed by atoms with Crippen LogP contribution in [0, 0.1) is 0 Å². The minimum absolute atomic E-state index is 0.00157. The van der Waals surface area contributed by atoms with Crippen molar-refractivity contribution in [2.24, 2.45) is 5.14 Å². The van der Waals surface area contributed by atoms with E-state index in [2.05, 4.69) is 31.9 Å². The monoisotopic (exact) mass is 328 g/mol. The van der Waals surface area contributed by atoms with Gasteiger partial charge in [-0.3, -0.25) is 0 Å². The molecule has 0 fully saturated rings. The summed E-state index contributed by atoms with van der Waals surface area (Å²) in [5.41, 5.74) is 5.93. The fraction of sp³-hybridized carbons (Fsp3) is 0. The molecule has 0 aliphatic carbocycles. The summed E-state index contributed by atoms with van der Waals surface area (Å²) in [5, 5.41) is 4.98. The average molecular weight is 330 g/mol. The van der Waals surface area contributed by atoms with Crippen molar-refractivity contribution in [1.29, 1.82) is 0 Å². The van der Waals surface area contributed by atoms with Gasteiger partial charge in [0.05, 0.1) is 0 Å². The van der Waals surface area contributed by atoms with E-state index in [1.807, 2.05) is 0 Å². The quantitative estimate of drug-likeness (QED) is 0.764. The van der Waals surface area contributed by atoms with Crippen LogP contribution in [0.5, 0.6) is 0 Å². The lowest BCUT2D eigenvalue weighted by Crippen LogP contribution is -2.13. The Labute approximate surface area is 92.6 Å². The van der Waals surface area contributed by atoms with Crippen LogP contribution in [-0.4, -0.2) is 8.42 Å². The molecule has 7 heteroatoms. The van der Waals surface area contributed by atoms with Gasteiger partial charge in [0, 0.05) is 14.6 Å². The van der Waals surface area contributed by atoms with Gasteiger partial charge >= 0.3 is 0 Å². The Morgan fingerprint density at radius 2 is 1.54 bits per heavy atom. The fourth-order valence-electron chi connectivity index (χ4n) is 0.851. The highest BCUT2D eigenvalue weighted by atomic mass is 79.9. The Morgan fingerprint density at radius 3 is 1.85 bits per heavy atom. The molecular formula is C6H6Br2N2O2S. The molecule has 0 atom stereocenters. The van der Waals surface area contributed by atoms with Crippen LogP contribution in [0.15, 0.2) is 26.0 Å². The average Bonchev–Trinajstić information content (AvgIpc) is 1.78. The second kappa shape index (κ2) is 3.56. The molecule has 0 spiro atoms. The molecule has 1 rings (SSSR count). The van der Waals surface area contributed by atoms with E-state index < -0.39 is 10.0 Å². The Kier molecular flexibility index (Phi) is 3.01. The van der Waals surface area contributed by atoms with Crippen LogP contribution in [0.3, 0.4) is 0 Å². The minimum Gasteiger partial charge on any atom is -0.399 e. The lowest BCUT2D eigenvalue weighted by Gasteiger charge is -2.05. The molecule has 0 saturated heterocycles. The number of halogens is 2. The maximum Gasteiger partial charge on any atom is 0.240 e. The molecule has 0 aliphatic heterocycles. The zero-order valence-electron chi connectivity index (χ0n) is 6.29. The Bertz CT molecular complexity index is 421. The van der Waals surface area contributed by atoms with Gasteiger partial charge in [0.15, 0.2) is 0 Å². The minimum atomic E-state index is -3.73. The Balaban J connectivity index is 3.57. The van der Waals surface area contributed by atoms with Crippen LogP contribution in [-0.2, 0) is 10.0 Å². The zero-order chi connectivity index (χ0) is 10.2. The molecule has 4 nitrogen and oxygen atoms in total. The summed E-state index contributed by atoms with van der Waals surface area (Å²) in [7, 11) is -3.73. The summed E-state index contributed by atoms with van der Waals surface area (Å²) in [6.45, 7) is 0. The number of rotatable bonds is 1. The van der Waals surface area contributed by atoms with E-state index in [0.29, 0.717) is 14.6 Å². The van der Waals surface area contributed by atoms with Crippen LogP contribution in [0.4, 0.5) is 5.69 Å². The maximum absolute atomic E-state index is 11.1. The van der Waals surface area contributed by atoms with Crippen molar-refractivity contribution < 1.29 is 8.42 Å². The molecule has 4 N–H and O–H groups in total. The van der Waals surface area contributed by atoms with Crippen LogP contribution in [0.2, 0.25) is 0 Å². The summed E-state index contributed by atoms with van der Waals surface area (Å²) in [6, 6.07) is 2.95. The highest BCUT2D eigenvalue weighted by Gasteiger charge is 2.16. The normalized spacial score (nSPS) is 11.6. The molecule has 13 heavy (non-hydrogen) atoms. The fourth-order valence-corrected chi connectivity index (χ4v) is 4.09. The van der Waals surface area contributed by atoms with Gasteiger partial charge < -0.3 is 5.73 Å². The van der Waals surface area contributed by atoms with Crippen LogP contribution in [0.1, 0.15) is 0 Å². The molecule has 0 aliphatic rings. The molecule has 0 unspecified atom stereocenters. The second-order valence-corrected chi connectivity index (χ2v) is 5.57. The number of nitrogen functional groups attached to an aromatic ring is 1. The molecule has 0 saturated carbocycles. The van der Waals surface area contributed by atoms with Gasteiger partial charge in [-0.1, -0.05) is 0 Å². The molecule has 1 aromatic carbocycles. The summed E-state index contributed by atoms with van der Waals surface area (Å²) in [6.07, 6.45) is 0. The van der Waals surface area contributed by atoms with Gasteiger partial charge in [-0.2, -0.15) is 0 Å². The van der Waals surface area contributed by atoms with Crippen molar-refractivity contribution in [2.45, 2.75) is 4.90 Å². The third-order valence-electron chi connectivity index (χ3n) is 1.31. The maximum atomic E-state index is 11.1. The van der Waals surface area contributed by atoms with Gasteiger partial charge in [0.25, 0.3) is 0 Å². The van der Waals surface area contributed by atoms with Crippen LogP contribution < -0.4 is 10.9 Å².